The summed E-state index contributed by atoms with van der Waals surface area (Å²) in [5.41, 5.74) is 0.692. The predicted octanol–water partition coefficient (Wildman–Crippen LogP) is 0.806. The van der Waals surface area contributed by atoms with Gasteiger partial charge in [-0.2, -0.15) is 0 Å². The van der Waals surface area contributed by atoms with Crippen LogP contribution in [-0.2, 0) is 11.2 Å². The maximum Gasteiger partial charge on any atom is 0.326 e. The number of phenols is 1. The molecule has 1 heterocycles. The van der Waals surface area contributed by atoms with Gasteiger partial charge in [-0.1, -0.05) is 17.3 Å². The van der Waals surface area contributed by atoms with Crippen molar-refractivity contribution in [1.82, 2.24) is 10.5 Å². The second-order valence-electron chi connectivity index (χ2n) is 4.12. The summed E-state index contributed by atoms with van der Waals surface area (Å²) in [6.07, 6.45) is 1.32. The van der Waals surface area contributed by atoms with Crippen LogP contribution in [-0.4, -0.2) is 33.3 Å². The highest BCUT2D eigenvalue weighted by molar-refractivity contribution is 5.94. The summed E-state index contributed by atoms with van der Waals surface area (Å²) in [7, 11) is 0. The molecule has 2 rings (SSSR count). The van der Waals surface area contributed by atoms with Crippen molar-refractivity contribution in [2.75, 3.05) is 0 Å². The van der Waals surface area contributed by atoms with E-state index in [0.29, 0.717) is 5.56 Å². The lowest BCUT2D eigenvalue weighted by atomic mass is 10.1. The zero-order valence-electron chi connectivity index (χ0n) is 10.3. The molecule has 0 aliphatic heterocycles. The number of carbonyl (C=O) groups excluding carboxylic acids is 1. The molecule has 104 valence electrons. The Morgan fingerprint density at radius 1 is 1.25 bits per heavy atom. The van der Waals surface area contributed by atoms with E-state index in [4.69, 9.17) is 10.2 Å². The normalized spacial score (nSPS) is 11.8. The largest absolute Gasteiger partial charge is 0.508 e. The Labute approximate surface area is 113 Å². The van der Waals surface area contributed by atoms with Crippen LogP contribution in [0.4, 0.5) is 0 Å². The fourth-order valence-electron chi connectivity index (χ4n) is 1.63. The zero-order valence-corrected chi connectivity index (χ0v) is 10.3. The fourth-order valence-corrected chi connectivity index (χ4v) is 1.63. The quantitative estimate of drug-likeness (QED) is 0.744. The number of nitrogens with one attached hydrogen (secondary N) is 1. The molecular weight excluding hydrogens is 264 g/mol. The van der Waals surface area contributed by atoms with Gasteiger partial charge in [0.2, 0.25) is 0 Å². The SMILES string of the molecule is O=C(NC(Cc1ccc(O)cc1)C(=O)O)c1ccon1. The Kier molecular flexibility index (Phi) is 3.99. The molecule has 1 unspecified atom stereocenters. The summed E-state index contributed by atoms with van der Waals surface area (Å²) < 4.78 is 4.52. The Hall–Kier alpha value is -2.83. The molecule has 0 saturated heterocycles. The number of phenolic OH excluding ortho intramolecular Hbond substituents is 1. The van der Waals surface area contributed by atoms with Crippen molar-refractivity contribution in [2.45, 2.75) is 12.5 Å². The number of benzene rings is 1. The predicted molar refractivity (Wildman–Crippen MR) is 67.2 cm³/mol. The molecule has 0 aliphatic rings. The van der Waals surface area contributed by atoms with Crippen LogP contribution < -0.4 is 5.32 Å². The van der Waals surface area contributed by atoms with Gasteiger partial charge in [0, 0.05) is 12.5 Å². The monoisotopic (exact) mass is 276 g/mol. The van der Waals surface area contributed by atoms with E-state index in [9.17, 15) is 9.59 Å². The van der Waals surface area contributed by atoms with Crippen LogP contribution >= 0.6 is 0 Å². The van der Waals surface area contributed by atoms with Crippen molar-refractivity contribution in [3.63, 3.8) is 0 Å². The van der Waals surface area contributed by atoms with Gasteiger partial charge in [0.05, 0.1) is 0 Å². The highest BCUT2D eigenvalue weighted by Gasteiger charge is 2.22. The van der Waals surface area contributed by atoms with Crippen molar-refractivity contribution in [3.05, 3.63) is 47.9 Å². The number of hydrogen-bond donors (Lipinski definition) is 3. The first-order valence-corrected chi connectivity index (χ1v) is 5.78. The minimum atomic E-state index is -1.16. The average Bonchev–Trinajstić information content (AvgIpc) is 2.94. The smallest absolute Gasteiger partial charge is 0.326 e. The van der Waals surface area contributed by atoms with Crippen LogP contribution in [0, 0.1) is 0 Å². The van der Waals surface area contributed by atoms with Gasteiger partial charge in [-0.15, -0.1) is 0 Å². The first-order chi connectivity index (χ1) is 9.56. The van der Waals surface area contributed by atoms with Crippen molar-refractivity contribution in [2.24, 2.45) is 0 Å². The third-order valence-electron chi connectivity index (χ3n) is 2.65. The number of rotatable bonds is 5. The van der Waals surface area contributed by atoms with Gasteiger partial charge >= 0.3 is 5.97 Å². The average molecular weight is 276 g/mol. The summed E-state index contributed by atoms with van der Waals surface area (Å²) in [5, 5.41) is 24.1. The summed E-state index contributed by atoms with van der Waals surface area (Å²) in [4.78, 5) is 22.9. The zero-order chi connectivity index (χ0) is 14.5. The molecule has 1 amide bonds. The number of aromatic hydroxyl groups is 1. The molecule has 7 nitrogen and oxygen atoms in total. The van der Waals surface area contributed by atoms with Crippen molar-refractivity contribution in [3.8, 4) is 5.75 Å². The van der Waals surface area contributed by atoms with Crippen molar-refractivity contribution >= 4 is 11.9 Å². The van der Waals surface area contributed by atoms with Crippen LogP contribution in [0.3, 0.4) is 0 Å². The minimum absolute atomic E-state index is 0.0157. The van der Waals surface area contributed by atoms with Gasteiger partial charge in [0.25, 0.3) is 5.91 Å². The van der Waals surface area contributed by atoms with Gasteiger partial charge in [0.1, 0.15) is 18.1 Å². The van der Waals surface area contributed by atoms with Gasteiger partial charge in [0.15, 0.2) is 5.69 Å². The summed E-state index contributed by atoms with van der Waals surface area (Å²) >= 11 is 0. The number of amides is 1. The van der Waals surface area contributed by atoms with Crippen molar-refractivity contribution < 1.29 is 24.3 Å². The van der Waals surface area contributed by atoms with E-state index in [1.807, 2.05) is 0 Å². The molecule has 1 atom stereocenters. The molecule has 20 heavy (non-hydrogen) atoms. The molecule has 2 aromatic rings. The van der Waals surface area contributed by atoms with Crippen LogP contribution in [0.1, 0.15) is 16.1 Å². The van der Waals surface area contributed by atoms with Gasteiger partial charge in [-0.3, -0.25) is 4.79 Å². The summed E-state index contributed by atoms with van der Waals surface area (Å²) in [6, 6.07) is 6.33. The Morgan fingerprint density at radius 3 is 2.50 bits per heavy atom. The molecule has 7 heteroatoms. The topological polar surface area (TPSA) is 113 Å². The van der Waals surface area contributed by atoms with Crippen LogP contribution in [0.25, 0.3) is 0 Å². The fraction of sp³-hybridized carbons (Fsp3) is 0.154. The number of carbonyl (C=O) groups is 2. The Bertz CT molecular complexity index is 592. The Balaban J connectivity index is 2.06. The highest BCUT2D eigenvalue weighted by atomic mass is 16.5. The number of carboxylic acids is 1. The molecule has 0 fully saturated rings. The maximum absolute atomic E-state index is 11.7. The second kappa shape index (κ2) is 5.87. The number of aliphatic carboxylic acids is 1. The highest BCUT2D eigenvalue weighted by Crippen LogP contribution is 2.11. The van der Waals surface area contributed by atoms with E-state index in [1.54, 1.807) is 12.1 Å². The van der Waals surface area contributed by atoms with Crippen LogP contribution in [0.2, 0.25) is 0 Å². The van der Waals surface area contributed by atoms with E-state index in [-0.39, 0.29) is 17.9 Å². The molecule has 1 aromatic carbocycles. The number of carboxylic acid groups (broad SMARTS) is 1. The maximum atomic E-state index is 11.7. The van der Waals surface area contributed by atoms with E-state index < -0.39 is 17.9 Å². The number of nitrogens with zero attached hydrogens (tertiary/aromatic N) is 1. The molecule has 0 spiro atoms. The molecule has 0 saturated carbocycles. The van der Waals surface area contributed by atoms with E-state index in [1.165, 1.54) is 24.5 Å². The van der Waals surface area contributed by atoms with Crippen molar-refractivity contribution in [1.29, 1.82) is 0 Å². The minimum Gasteiger partial charge on any atom is -0.508 e. The van der Waals surface area contributed by atoms with Crippen LogP contribution in [0.5, 0.6) is 5.75 Å². The second-order valence-corrected chi connectivity index (χ2v) is 4.12. The number of hydrogen-bond acceptors (Lipinski definition) is 5. The molecule has 0 aliphatic carbocycles. The first kappa shape index (κ1) is 13.6. The summed E-state index contributed by atoms with van der Waals surface area (Å²) in [5.74, 6) is -1.69. The molecule has 0 radical (unpaired) electrons. The molecule has 0 bridgehead atoms. The Morgan fingerprint density at radius 2 is 1.95 bits per heavy atom. The lowest BCUT2D eigenvalue weighted by Gasteiger charge is -2.13. The van der Waals surface area contributed by atoms with E-state index in [0.717, 1.165) is 0 Å². The van der Waals surface area contributed by atoms with Crippen LogP contribution in [0.15, 0.2) is 41.1 Å². The van der Waals surface area contributed by atoms with E-state index >= 15 is 0 Å². The molecule has 3 N–H and O–H groups in total. The van der Waals surface area contributed by atoms with Gasteiger partial charge in [-0.25, -0.2) is 4.79 Å². The third-order valence-corrected chi connectivity index (χ3v) is 2.65. The van der Waals surface area contributed by atoms with E-state index in [2.05, 4.69) is 15.0 Å². The lowest BCUT2D eigenvalue weighted by Crippen LogP contribution is -2.42. The van der Waals surface area contributed by atoms with Gasteiger partial charge < -0.3 is 20.1 Å². The molecule has 1 aromatic heterocycles. The standard InChI is InChI=1S/C13H12N2O5/c16-9-3-1-8(2-4-9)7-11(13(18)19)14-12(17)10-5-6-20-15-10/h1-6,11,16H,7H2,(H,14,17)(H,18,19). The molecular formula is C13H12N2O5. The number of aromatic nitrogens is 1. The summed E-state index contributed by atoms with van der Waals surface area (Å²) in [6.45, 7) is 0. The lowest BCUT2D eigenvalue weighted by molar-refractivity contribution is -0.139. The third kappa shape index (κ3) is 3.35. The first-order valence-electron chi connectivity index (χ1n) is 5.78. The van der Waals surface area contributed by atoms with Gasteiger partial charge in [-0.05, 0) is 17.7 Å².